The van der Waals surface area contributed by atoms with Crippen LogP contribution >= 0.6 is 0 Å². The largest absolute Gasteiger partial charge is 0.418 e. The number of rotatable bonds is 8. The zero-order valence-electron chi connectivity index (χ0n) is 26.8. The van der Waals surface area contributed by atoms with Crippen LogP contribution in [0.2, 0.25) is 78.6 Å². The van der Waals surface area contributed by atoms with Crippen molar-refractivity contribution in [2.75, 3.05) is 39.6 Å². The van der Waals surface area contributed by atoms with Crippen LogP contribution in [0.1, 0.15) is 78.7 Å². The van der Waals surface area contributed by atoms with E-state index in [2.05, 4.69) is 78.6 Å². The molecule has 0 saturated heterocycles. The lowest BCUT2D eigenvalue weighted by Gasteiger charge is -2.20. The zero-order valence-corrected chi connectivity index (χ0v) is 30.8. The molecule has 0 aliphatic carbocycles. The standard InChI is InChI=1S/C6H16O2Si.2C5H14OSi.C4H12Si.2C2H6O.5CH4/c1-5-7-9(3,4)8-6-2;2*1-5-6-7(2,3)4;1-5(2,3)4;2*1-2-3;;;;;/h5-6H2,1-4H3;2*5H2,1-4H3;1-4H3;2*3H,2H2,1H3;5*1H4. The van der Waals surface area contributed by atoms with Gasteiger partial charge in [0.1, 0.15) is 0 Å². The van der Waals surface area contributed by atoms with Crippen LogP contribution in [0.3, 0.4) is 0 Å². The van der Waals surface area contributed by atoms with Crippen molar-refractivity contribution in [2.24, 2.45) is 0 Å². The lowest BCUT2D eigenvalue weighted by atomic mass is 10.9. The summed E-state index contributed by atoms with van der Waals surface area (Å²) in [4.78, 5) is 0. The molecule has 0 heterocycles. The Bertz CT molecular complexity index is 323. The van der Waals surface area contributed by atoms with E-state index in [1.807, 2.05) is 27.7 Å². The molecule has 0 aromatic carbocycles. The van der Waals surface area contributed by atoms with Crippen LogP contribution in [-0.4, -0.2) is 83.1 Å². The molecule has 0 amide bonds. The molecule has 10 heteroatoms. The molecule has 0 aromatic rings. The van der Waals surface area contributed by atoms with E-state index >= 15 is 0 Å². The number of hydrogen-bond donors (Lipinski definition) is 2. The number of aliphatic hydroxyl groups excluding tert-OH is 2. The molecular formula is C29H88O6Si4. The summed E-state index contributed by atoms with van der Waals surface area (Å²) in [6.45, 7) is 41.8. The smallest absolute Gasteiger partial charge is 0.331 e. The van der Waals surface area contributed by atoms with Crippen LogP contribution in [0.15, 0.2) is 0 Å². The van der Waals surface area contributed by atoms with Crippen molar-refractivity contribution >= 4 is 33.3 Å². The molecule has 0 atom stereocenters. The van der Waals surface area contributed by atoms with Gasteiger partial charge < -0.3 is 27.9 Å². The molecule has 0 aliphatic heterocycles. The van der Waals surface area contributed by atoms with Crippen LogP contribution in [0, 0.1) is 0 Å². The third kappa shape index (κ3) is 187. The number of hydrogen-bond acceptors (Lipinski definition) is 6. The molecule has 0 spiro atoms. The van der Waals surface area contributed by atoms with Gasteiger partial charge in [0.05, 0.1) is 0 Å². The first-order chi connectivity index (χ1) is 15.1. The molecule has 0 bridgehead atoms. The van der Waals surface area contributed by atoms with E-state index in [9.17, 15) is 0 Å². The first-order valence-electron chi connectivity index (χ1n) is 12.8. The summed E-state index contributed by atoms with van der Waals surface area (Å²) >= 11 is 0. The maximum Gasteiger partial charge on any atom is 0.331 e. The van der Waals surface area contributed by atoms with Crippen molar-refractivity contribution in [3.8, 4) is 0 Å². The fraction of sp³-hybridized carbons (Fsp3) is 1.00. The van der Waals surface area contributed by atoms with E-state index in [-0.39, 0.29) is 50.3 Å². The molecule has 0 rings (SSSR count). The van der Waals surface area contributed by atoms with Crippen LogP contribution in [0.25, 0.3) is 0 Å². The van der Waals surface area contributed by atoms with Crippen molar-refractivity contribution in [2.45, 2.75) is 157 Å². The molecule has 39 heavy (non-hydrogen) atoms. The Morgan fingerprint density at radius 1 is 0.385 bits per heavy atom. The van der Waals surface area contributed by atoms with E-state index in [0.29, 0.717) is 0 Å². The normalized spacial score (nSPS) is 9.54. The second kappa shape index (κ2) is 45.6. The Morgan fingerprint density at radius 3 is 0.564 bits per heavy atom. The second-order valence-corrected chi connectivity index (χ2v) is 29.4. The molecule has 0 saturated carbocycles. The van der Waals surface area contributed by atoms with Crippen molar-refractivity contribution in [1.82, 2.24) is 0 Å². The molecule has 6 nitrogen and oxygen atoms in total. The Hall–Kier alpha value is 0.628. The highest BCUT2D eigenvalue weighted by atomic mass is 28.4. The summed E-state index contributed by atoms with van der Waals surface area (Å²) in [5.41, 5.74) is 0. The van der Waals surface area contributed by atoms with Crippen LogP contribution < -0.4 is 0 Å². The lowest BCUT2D eigenvalue weighted by molar-refractivity contribution is 0.196. The minimum atomic E-state index is -1.70. The van der Waals surface area contributed by atoms with Crippen LogP contribution in [-0.2, 0) is 17.7 Å². The summed E-state index contributed by atoms with van der Waals surface area (Å²) in [5.74, 6) is 0. The summed E-state index contributed by atoms with van der Waals surface area (Å²) in [6.07, 6.45) is 0. The van der Waals surface area contributed by atoms with Crippen molar-refractivity contribution in [3.63, 3.8) is 0 Å². The van der Waals surface area contributed by atoms with Crippen molar-refractivity contribution in [1.29, 1.82) is 0 Å². The van der Waals surface area contributed by atoms with Gasteiger partial charge in [0.2, 0.25) is 0 Å². The SMILES string of the molecule is C.C.C.C.C.CCO.CCO.CCO[Si](C)(C)C.CCO[Si](C)(C)C.CCO[Si](C)(C)OCC.C[Si](C)(C)C. The van der Waals surface area contributed by atoms with E-state index in [1.54, 1.807) is 13.8 Å². The molecule has 0 fully saturated rings. The Labute approximate surface area is 257 Å². The minimum absolute atomic E-state index is 0. The monoisotopic (exact) mass is 645 g/mol. The highest BCUT2D eigenvalue weighted by molar-refractivity contribution is 6.74. The third-order valence-corrected chi connectivity index (χ3v) is 6.42. The maximum absolute atomic E-state index is 7.57. The van der Waals surface area contributed by atoms with Gasteiger partial charge in [-0.05, 0) is 93.9 Å². The van der Waals surface area contributed by atoms with E-state index in [1.165, 1.54) is 0 Å². The maximum atomic E-state index is 7.57. The zero-order chi connectivity index (χ0) is 29.1. The topological polar surface area (TPSA) is 77.4 Å². The first-order valence-corrected chi connectivity index (χ1v) is 26.5. The van der Waals surface area contributed by atoms with Gasteiger partial charge in [-0.15, -0.1) is 0 Å². The highest BCUT2D eigenvalue weighted by Gasteiger charge is 2.22. The van der Waals surface area contributed by atoms with Gasteiger partial charge >= 0.3 is 8.56 Å². The fourth-order valence-electron chi connectivity index (χ4n) is 1.60. The lowest BCUT2D eigenvalue weighted by Crippen LogP contribution is -2.34. The minimum Gasteiger partial charge on any atom is -0.418 e. The van der Waals surface area contributed by atoms with E-state index in [4.69, 9.17) is 27.9 Å². The third-order valence-electron chi connectivity index (χ3n) is 2.14. The number of aliphatic hydroxyl groups is 2. The van der Waals surface area contributed by atoms with Crippen molar-refractivity contribution in [3.05, 3.63) is 0 Å². The Morgan fingerprint density at radius 2 is 0.513 bits per heavy atom. The molecular weight excluding hydrogens is 557 g/mol. The molecule has 256 valence electrons. The van der Waals surface area contributed by atoms with Gasteiger partial charge in [0.15, 0.2) is 16.6 Å². The summed E-state index contributed by atoms with van der Waals surface area (Å²) in [5, 5.41) is 15.1. The first kappa shape index (κ1) is 72.1. The van der Waals surface area contributed by atoms with E-state index in [0.717, 1.165) is 26.4 Å². The average molecular weight is 645 g/mol. The van der Waals surface area contributed by atoms with Crippen LogP contribution in [0.4, 0.5) is 0 Å². The quantitative estimate of drug-likeness (QED) is 0.256. The average Bonchev–Trinajstić information content (AvgIpc) is 2.53. The predicted molar refractivity (Wildman–Crippen MR) is 199 cm³/mol. The second-order valence-electron chi connectivity index (χ2n) is 11.0. The van der Waals surface area contributed by atoms with Gasteiger partial charge in [-0.3, -0.25) is 0 Å². The molecule has 0 aliphatic rings. The van der Waals surface area contributed by atoms with Gasteiger partial charge in [0.25, 0.3) is 0 Å². The van der Waals surface area contributed by atoms with Gasteiger partial charge in [-0.25, -0.2) is 0 Å². The van der Waals surface area contributed by atoms with Crippen LogP contribution in [0.5, 0.6) is 0 Å². The Balaban J connectivity index is -0.0000000271. The molecule has 0 unspecified atom stereocenters. The highest BCUT2D eigenvalue weighted by Crippen LogP contribution is 2.04. The predicted octanol–water partition coefficient (Wildman–Crippen LogP) is 10.6. The molecule has 2 N–H and O–H groups in total. The van der Waals surface area contributed by atoms with Gasteiger partial charge in [0, 0.05) is 47.7 Å². The fourth-order valence-corrected chi connectivity index (χ4v) is 4.81. The Kier molecular flexibility index (Phi) is 84.4. The summed E-state index contributed by atoms with van der Waals surface area (Å²) < 4.78 is 21.5. The molecule has 0 radical (unpaired) electrons. The van der Waals surface area contributed by atoms with Crippen molar-refractivity contribution < 1.29 is 27.9 Å². The summed E-state index contributed by atoms with van der Waals surface area (Å²) in [7, 11) is -4.63. The van der Waals surface area contributed by atoms with E-state index < -0.39 is 33.3 Å². The molecule has 0 aromatic heterocycles. The van der Waals surface area contributed by atoms with Gasteiger partial charge in [-0.2, -0.15) is 0 Å². The summed E-state index contributed by atoms with van der Waals surface area (Å²) in [6, 6.07) is 0. The van der Waals surface area contributed by atoms with Gasteiger partial charge in [-0.1, -0.05) is 63.3 Å².